The number of hydrogen-bond donors (Lipinski definition) is 2. The largest absolute Gasteiger partial charge is 0.396 e. The van der Waals surface area contributed by atoms with Crippen LogP contribution in [-0.4, -0.2) is 24.2 Å². The molecule has 15 heavy (non-hydrogen) atoms. The number of aliphatic hydroxyl groups excluding tert-OH is 1. The lowest BCUT2D eigenvalue weighted by molar-refractivity contribution is -0.122. The molecule has 1 saturated carbocycles. The number of nitrogens with one attached hydrogen (secondary N) is 1. The summed E-state index contributed by atoms with van der Waals surface area (Å²) in [7, 11) is 0. The zero-order chi connectivity index (χ0) is 11.3. The van der Waals surface area contributed by atoms with Gasteiger partial charge in [0.25, 0.3) is 0 Å². The molecule has 0 heterocycles. The van der Waals surface area contributed by atoms with Crippen molar-refractivity contribution < 1.29 is 9.90 Å². The summed E-state index contributed by atoms with van der Waals surface area (Å²) in [4.78, 5) is 11.5. The average Bonchev–Trinajstić information content (AvgIpc) is 3.05. The van der Waals surface area contributed by atoms with Crippen molar-refractivity contribution in [1.29, 1.82) is 0 Å². The molecule has 0 aromatic rings. The minimum absolute atomic E-state index is 0.112. The third-order valence-corrected chi connectivity index (χ3v) is 3.67. The van der Waals surface area contributed by atoms with Crippen LogP contribution in [0.4, 0.5) is 0 Å². The molecule has 1 fully saturated rings. The molecule has 0 atom stereocenters. The third-order valence-electron chi connectivity index (χ3n) is 3.67. The van der Waals surface area contributed by atoms with Crippen LogP contribution in [0.3, 0.4) is 0 Å². The van der Waals surface area contributed by atoms with Gasteiger partial charge in [-0.1, -0.05) is 13.8 Å². The van der Waals surface area contributed by atoms with E-state index < -0.39 is 0 Å². The highest BCUT2D eigenvalue weighted by molar-refractivity contribution is 5.76. The molecule has 0 radical (unpaired) electrons. The van der Waals surface area contributed by atoms with E-state index in [2.05, 4.69) is 19.2 Å². The SMILES string of the molecule is CCC(CC)(CO)CNC(=O)CC1CC1. The highest BCUT2D eigenvalue weighted by Gasteiger charge is 2.28. The second-order valence-corrected chi connectivity index (χ2v) is 4.79. The molecule has 1 rings (SSSR count). The van der Waals surface area contributed by atoms with E-state index in [0.29, 0.717) is 18.9 Å². The summed E-state index contributed by atoms with van der Waals surface area (Å²) in [6.07, 6.45) is 4.91. The lowest BCUT2D eigenvalue weighted by atomic mass is 9.83. The van der Waals surface area contributed by atoms with Crippen molar-refractivity contribution in [2.75, 3.05) is 13.2 Å². The van der Waals surface area contributed by atoms with E-state index >= 15 is 0 Å². The van der Waals surface area contributed by atoms with Gasteiger partial charge in [-0.05, 0) is 31.6 Å². The van der Waals surface area contributed by atoms with Crippen molar-refractivity contribution in [2.24, 2.45) is 11.3 Å². The van der Waals surface area contributed by atoms with Crippen LogP contribution < -0.4 is 5.32 Å². The Labute approximate surface area is 92.3 Å². The molecule has 0 saturated heterocycles. The van der Waals surface area contributed by atoms with Crippen LogP contribution in [-0.2, 0) is 4.79 Å². The summed E-state index contributed by atoms with van der Waals surface area (Å²) >= 11 is 0. The first-order valence-corrected chi connectivity index (χ1v) is 6.03. The number of hydrogen-bond acceptors (Lipinski definition) is 2. The fourth-order valence-electron chi connectivity index (χ4n) is 1.72. The first-order chi connectivity index (χ1) is 7.15. The molecule has 88 valence electrons. The second-order valence-electron chi connectivity index (χ2n) is 4.79. The van der Waals surface area contributed by atoms with Crippen LogP contribution >= 0.6 is 0 Å². The highest BCUT2D eigenvalue weighted by Crippen LogP contribution is 2.32. The smallest absolute Gasteiger partial charge is 0.220 e. The van der Waals surface area contributed by atoms with Gasteiger partial charge < -0.3 is 10.4 Å². The van der Waals surface area contributed by atoms with Crippen LogP contribution in [0.15, 0.2) is 0 Å². The van der Waals surface area contributed by atoms with Gasteiger partial charge in [-0.3, -0.25) is 4.79 Å². The van der Waals surface area contributed by atoms with E-state index in [9.17, 15) is 9.90 Å². The Kier molecular flexibility index (Phi) is 4.58. The summed E-state index contributed by atoms with van der Waals surface area (Å²) in [5, 5.41) is 12.3. The minimum atomic E-state index is -0.112. The number of rotatable bonds is 7. The van der Waals surface area contributed by atoms with E-state index in [1.807, 2.05) is 0 Å². The normalized spacial score (nSPS) is 16.5. The molecule has 2 N–H and O–H groups in total. The fraction of sp³-hybridized carbons (Fsp3) is 0.917. The molecule has 0 spiro atoms. The number of amides is 1. The Morgan fingerprint density at radius 2 is 2.00 bits per heavy atom. The maximum Gasteiger partial charge on any atom is 0.220 e. The van der Waals surface area contributed by atoms with Crippen LogP contribution in [0.1, 0.15) is 46.0 Å². The summed E-state index contributed by atoms with van der Waals surface area (Å²) in [5.41, 5.74) is -0.112. The summed E-state index contributed by atoms with van der Waals surface area (Å²) in [5.74, 6) is 0.786. The van der Waals surface area contributed by atoms with E-state index in [4.69, 9.17) is 0 Å². The van der Waals surface area contributed by atoms with E-state index in [1.54, 1.807) is 0 Å². The summed E-state index contributed by atoms with van der Waals surface area (Å²) in [6, 6.07) is 0. The zero-order valence-electron chi connectivity index (χ0n) is 9.88. The van der Waals surface area contributed by atoms with Crippen molar-refractivity contribution in [3.05, 3.63) is 0 Å². The Morgan fingerprint density at radius 3 is 2.40 bits per heavy atom. The second kappa shape index (κ2) is 5.50. The van der Waals surface area contributed by atoms with Gasteiger partial charge >= 0.3 is 0 Å². The lowest BCUT2D eigenvalue weighted by Gasteiger charge is -2.29. The molecule has 0 aromatic heterocycles. The highest BCUT2D eigenvalue weighted by atomic mass is 16.3. The topological polar surface area (TPSA) is 49.3 Å². The van der Waals surface area contributed by atoms with Crippen LogP contribution in [0, 0.1) is 11.3 Å². The minimum Gasteiger partial charge on any atom is -0.396 e. The Bertz CT molecular complexity index is 199. The van der Waals surface area contributed by atoms with Crippen molar-refractivity contribution in [2.45, 2.75) is 46.0 Å². The molecule has 0 aromatic carbocycles. The van der Waals surface area contributed by atoms with E-state index in [1.165, 1.54) is 12.8 Å². The van der Waals surface area contributed by atoms with Crippen LogP contribution in [0.2, 0.25) is 0 Å². The van der Waals surface area contributed by atoms with Gasteiger partial charge in [-0.25, -0.2) is 0 Å². The number of carbonyl (C=O) groups is 1. The van der Waals surface area contributed by atoms with Crippen molar-refractivity contribution in [3.63, 3.8) is 0 Å². The van der Waals surface area contributed by atoms with Crippen molar-refractivity contribution in [3.8, 4) is 0 Å². The zero-order valence-corrected chi connectivity index (χ0v) is 9.88. The van der Waals surface area contributed by atoms with Gasteiger partial charge in [0.15, 0.2) is 0 Å². The maximum absolute atomic E-state index is 11.5. The molecular weight excluding hydrogens is 190 g/mol. The van der Waals surface area contributed by atoms with Gasteiger partial charge in [0.05, 0.1) is 6.61 Å². The van der Waals surface area contributed by atoms with Gasteiger partial charge in [0.2, 0.25) is 5.91 Å². The standard InChI is InChI=1S/C12H23NO2/c1-3-12(4-2,9-14)8-13-11(15)7-10-5-6-10/h10,14H,3-9H2,1-2H3,(H,13,15). The van der Waals surface area contributed by atoms with Gasteiger partial charge in [-0.2, -0.15) is 0 Å². The first kappa shape index (κ1) is 12.5. The average molecular weight is 213 g/mol. The Hall–Kier alpha value is -0.570. The predicted octanol–water partition coefficient (Wildman–Crippen LogP) is 1.70. The quantitative estimate of drug-likeness (QED) is 0.676. The van der Waals surface area contributed by atoms with Gasteiger partial charge in [0.1, 0.15) is 0 Å². The molecule has 0 bridgehead atoms. The van der Waals surface area contributed by atoms with E-state index in [0.717, 1.165) is 12.8 Å². The molecule has 3 nitrogen and oxygen atoms in total. The molecule has 1 aliphatic rings. The Balaban J connectivity index is 2.28. The van der Waals surface area contributed by atoms with Crippen molar-refractivity contribution in [1.82, 2.24) is 5.32 Å². The van der Waals surface area contributed by atoms with Gasteiger partial charge in [-0.15, -0.1) is 0 Å². The third kappa shape index (κ3) is 3.82. The molecule has 0 unspecified atom stereocenters. The first-order valence-electron chi connectivity index (χ1n) is 6.03. The molecule has 1 aliphatic carbocycles. The van der Waals surface area contributed by atoms with Crippen LogP contribution in [0.25, 0.3) is 0 Å². The molecule has 1 amide bonds. The van der Waals surface area contributed by atoms with E-state index in [-0.39, 0.29) is 17.9 Å². The fourth-order valence-corrected chi connectivity index (χ4v) is 1.72. The van der Waals surface area contributed by atoms with Crippen molar-refractivity contribution >= 4 is 5.91 Å². The Morgan fingerprint density at radius 1 is 1.40 bits per heavy atom. The maximum atomic E-state index is 11.5. The lowest BCUT2D eigenvalue weighted by Crippen LogP contribution is -2.39. The summed E-state index contributed by atoms with van der Waals surface area (Å²) < 4.78 is 0. The molecule has 3 heteroatoms. The monoisotopic (exact) mass is 213 g/mol. The van der Waals surface area contributed by atoms with Gasteiger partial charge in [0, 0.05) is 18.4 Å². The molecular formula is C12H23NO2. The summed E-state index contributed by atoms with van der Waals surface area (Å²) in [6.45, 7) is 4.89. The number of aliphatic hydroxyl groups is 1. The van der Waals surface area contributed by atoms with Crippen LogP contribution in [0.5, 0.6) is 0 Å². The molecule has 0 aliphatic heterocycles. The number of carbonyl (C=O) groups excluding carboxylic acids is 1. The predicted molar refractivity (Wildman–Crippen MR) is 60.5 cm³/mol.